The molecule has 1 aromatic heterocycles. The summed E-state index contributed by atoms with van der Waals surface area (Å²) in [6, 6.07) is 6.68. The maximum atomic E-state index is 3.76. The lowest BCUT2D eigenvalue weighted by atomic mass is 10.1. The van der Waals surface area contributed by atoms with Crippen molar-refractivity contribution in [2.45, 2.75) is 51.2 Å². The highest BCUT2D eigenvalue weighted by molar-refractivity contribution is 7.12. The van der Waals surface area contributed by atoms with E-state index in [9.17, 15) is 0 Å². The second-order valence-corrected chi connectivity index (χ2v) is 6.87. The van der Waals surface area contributed by atoms with Gasteiger partial charge in [-0.05, 0) is 45.2 Å². The quantitative estimate of drug-likeness (QED) is 0.868. The van der Waals surface area contributed by atoms with E-state index in [0.717, 1.165) is 12.1 Å². The Morgan fingerprint density at radius 3 is 2.88 bits per heavy atom. The van der Waals surface area contributed by atoms with Crippen LogP contribution in [0, 0.1) is 6.92 Å². The van der Waals surface area contributed by atoms with Crippen LogP contribution in [0.25, 0.3) is 0 Å². The van der Waals surface area contributed by atoms with Gasteiger partial charge in [-0.25, -0.2) is 0 Å². The molecule has 3 unspecified atom stereocenters. The Morgan fingerprint density at radius 1 is 1.29 bits per heavy atom. The second kappa shape index (κ2) is 4.71. The first kappa shape index (κ1) is 11.7. The number of fused-ring (bicyclic) bond motifs is 2. The Kier molecular flexibility index (Phi) is 3.24. The number of likely N-dealkylation sites (tertiary alicyclic amines) is 1. The highest BCUT2D eigenvalue weighted by atomic mass is 32.1. The number of nitrogens with one attached hydrogen (secondary N) is 1. The number of hydrogen-bond acceptors (Lipinski definition) is 3. The summed E-state index contributed by atoms with van der Waals surface area (Å²) < 4.78 is 0. The van der Waals surface area contributed by atoms with Crippen LogP contribution in [0.1, 0.15) is 42.0 Å². The minimum Gasteiger partial charge on any atom is -0.310 e. The fraction of sp³-hybridized carbons (Fsp3) is 0.714. The molecule has 2 aliphatic rings. The first-order chi connectivity index (χ1) is 8.22. The molecule has 3 heteroatoms. The van der Waals surface area contributed by atoms with Crippen LogP contribution < -0.4 is 5.32 Å². The molecule has 0 radical (unpaired) electrons. The Hall–Kier alpha value is -0.380. The summed E-state index contributed by atoms with van der Waals surface area (Å²) in [5, 5.41) is 3.76. The number of rotatable bonds is 2. The van der Waals surface area contributed by atoms with Crippen molar-refractivity contribution in [2.75, 3.05) is 13.1 Å². The summed E-state index contributed by atoms with van der Waals surface area (Å²) in [6.45, 7) is 7.05. The third-order valence-electron chi connectivity index (χ3n) is 4.28. The average Bonchev–Trinajstić information content (AvgIpc) is 2.84. The lowest BCUT2D eigenvalue weighted by Gasteiger charge is -2.29. The molecule has 2 aliphatic heterocycles. The van der Waals surface area contributed by atoms with Gasteiger partial charge in [-0.2, -0.15) is 0 Å². The third kappa shape index (κ3) is 2.42. The van der Waals surface area contributed by atoms with E-state index in [1.54, 1.807) is 0 Å². The summed E-state index contributed by atoms with van der Waals surface area (Å²) in [5.74, 6) is 0. The summed E-state index contributed by atoms with van der Waals surface area (Å²) >= 11 is 1.95. The van der Waals surface area contributed by atoms with Crippen molar-refractivity contribution >= 4 is 11.3 Å². The van der Waals surface area contributed by atoms with E-state index in [4.69, 9.17) is 0 Å². The van der Waals surface area contributed by atoms with Gasteiger partial charge < -0.3 is 5.32 Å². The molecule has 0 aliphatic carbocycles. The number of nitrogens with zero attached hydrogens (tertiary/aromatic N) is 1. The fourth-order valence-electron chi connectivity index (χ4n) is 3.18. The van der Waals surface area contributed by atoms with Gasteiger partial charge in [0.25, 0.3) is 0 Å². The molecule has 3 atom stereocenters. The zero-order valence-electron chi connectivity index (χ0n) is 10.8. The Balaban J connectivity index is 1.71. The van der Waals surface area contributed by atoms with Crippen LogP contribution in [0.5, 0.6) is 0 Å². The minimum atomic E-state index is 0.592. The van der Waals surface area contributed by atoms with E-state index < -0.39 is 0 Å². The molecule has 1 N–H and O–H groups in total. The van der Waals surface area contributed by atoms with Gasteiger partial charge in [-0.3, -0.25) is 4.90 Å². The van der Waals surface area contributed by atoms with Crippen molar-refractivity contribution in [3.05, 3.63) is 21.9 Å². The van der Waals surface area contributed by atoms with Crippen molar-refractivity contribution in [1.29, 1.82) is 0 Å². The van der Waals surface area contributed by atoms with Gasteiger partial charge >= 0.3 is 0 Å². The average molecular weight is 250 g/mol. The lowest BCUT2D eigenvalue weighted by Crippen LogP contribution is -2.36. The molecule has 0 amide bonds. The standard InChI is InChI=1S/C14H22N2S/c1-10-3-6-14(17-10)11(2)16-8-7-12-4-5-13(9-16)15-12/h3,6,11-13,15H,4-5,7-9H2,1-2H3. The monoisotopic (exact) mass is 250 g/mol. The number of aryl methyl sites for hydroxylation is 1. The molecular weight excluding hydrogens is 228 g/mol. The molecule has 3 heterocycles. The summed E-state index contributed by atoms with van der Waals surface area (Å²) in [7, 11) is 0. The molecule has 2 bridgehead atoms. The molecule has 94 valence electrons. The summed E-state index contributed by atoms with van der Waals surface area (Å²) in [6.07, 6.45) is 4.09. The lowest BCUT2D eigenvalue weighted by molar-refractivity contribution is 0.202. The van der Waals surface area contributed by atoms with Gasteiger partial charge in [0, 0.05) is 41.0 Å². The first-order valence-electron chi connectivity index (χ1n) is 6.79. The predicted octanol–water partition coefficient (Wildman–Crippen LogP) is 2.94. The molecule has 2 saturated heterocycles. The second-order valence-electron chi connectivity index (χ2n) is 5.55. The van der Waals surface area contributed by atoms with Crippen LogP contribution in [0.3, 0.4) is 0 Å². The van der Waals surface area contributed by atoms with Gasteiger partial charge in [0.2, 0.25) is 0 Å². The highest BCUT2D eigenvalue weighted by Gasteiger charge is 2.31. The summed E-state index contributed by atoms with van der Waals surface area (Å²) in [5.41, 5.74) is 0. The largest absolute Gasteiger partial charge is 0.310 e. The molecule has 0 spiro atoms. The topological polar surface area (TPSA) is 15.3 Å². The van der Waals surface area contributed by atoms with E-state index in [-0.39, 0.29) is 0 Å². The smallest absolute Gasteiger partial charge is 0.0414 e. The summed E-state index contributed by atoms with van der Waals surface area (Å²) in [4.78, 5) is 5.63. The molecule has 1 aromatic rings. The molecule has 2 fully saturated rings. The van der Waals surface area contributed by atoms with Crippen molar-refractivity contribution in [1.82, 2.24) is 10.2 Å². The zero-order chi connectivity index (χ0) is 11.8. The first-order valence-corrected chi connectivity index (χ1v) is 7.60. The van der Waals surface area contributed by atoms with Crippen molar-refractivity contribution in [2.24, 2.45) is 0 Å². The maximum absolute atomic E-state index is 3.76. The molecular formula is C14H22N2S. The molecule has 2 nitrogen and oxygen atoms in total. The van der Waals surface area contributed by atoms with E-state index >= 15 is 0 Å². The molecule has 0 saturated carbocycles. The highest BCUT2D eigenvalue weighted by Crippen LogP contribution is 2.30. The Labute approximate surface area is 108 Å². The van der Waals surface area contributed by atoms with Crippen molar-refractivity contribution in [3.8, 4) is 0 Å². The molecule has 0 aromatic carbocycles. The van der Waals surface area contributed by atoms with Crippen LogP contribution in [0.2, 0.25) is 0 Å². The van der Waals surface area contributed by atoms with Gasteiger partial charge in [0.1, 0.15) is 0 Å². The molecule has 3 rings (SSSR count). The number of hydrogen-bond donors (Lipinski definition) is 1. The van der Waals surface area contributed by atoms with E-state index in [0.29, 0.717) is 6.04 Å². The number of thiophene rings is 1. The van der Waals surface area contributed by atoms with Crippen molar-refractivity contribution in [3.63, 3.8) is 0 Å². The van der Waals surface area contributed by atoms with Crippen molar-refractivity contribution < 1.29 is 0 Å². The third-order valence-corrected chi connectivity index (χ3v) is 5.45. The van der Waals surface area contributed by atoms with Gasteiger partial charge in [0.05, 0.1) is 0 Å². The van der Waals surface area contributed by atoms with Gasteiger partial charge in [-0.1, -0.05) is 0 Å². The molecule has 17 heavy (non-hydrogen) atoms. The van der Waals surface area contributed by atoms with Crippen LogP contribution in [0.4, 0.5) is 0 Å². The van der Waals surface area contributed by atoms with Crippen LogP contribution >= 0.6 is 11.3 Å². The minimum absolute atomic E-state index is 0.592. The van der Waals surface area contributed by atoms with Crippen LogP contribution in [-0.2, 0) is 0 Å². The van der Waals surface area contributed by atoms with E-state index in [1.165, 1.54) is 42.1 Å². The van der Waals surface area contributed by atoms with E-state index in [2.05, 4.69) is 36.2 Å². The van der Waals surface area contributed by atoms with Crippen LogP contribution in [-0.4, -0.2) is 30.1 Å². The van der Waals surface area contributed by atoms with Crippen LogP contribution in [0.15, 0.2) is 12.1 Å². The predicted molar refractivity (Wildman–Crippen MR) is 73.6 cm³/mol. The van der Waals surface area contributed by atoms with Gasteiger partial charge in [-0.15, -0.1) is 11.3 Å². The maximum Gasteiger partial charge on any atom is 0.0414 e. The van der Waals surface area contributed by atoms with E-state index in [1.807, 2.05) is 11.3 Å². The Bertz CT molecular complexity index is 387. The Morgan fingerprint density at radius 2 is 2.12 bits per heavy atom. The normalized spacial score (nSPS) is 31.4. The van der Waals surface area contributed by atoms with Gasteiger partial charge in [0.15, 0.2) is 0 Å². The fourth-order valence-corrected chi connectivity index (χ4v) is 4.14. The SMILES string of the molecule is Cc1ccc(C(C)N2CCC3CCC(C2)N3)s1. The zero-order valence-corrected chi connectivity index (χ0v) is 11.6.